The van der Waals surface area contributed by atoms with Crippen LogP contribution in [0.25, 0.3) is 16.5 Å². The highest BCUT2D eigenvalue weighted by Crippen LogP contribution is 2.46. The lowest BCUT2D eigenvalue weighted by Gasteiger charge is -2.27. The third-order valence-corrected chi connectivity index (χ3v) is 8.22. The fourth-order valence-corrected chi connectivity index (χ4v) is 5.82. The number of aromatic nitrogens is 5. The van der Waals surface area contributed by atoms with Gasteiger partial charge in [0, 0.05) is 47.7 Å². The third-order valence-electron chi connectivity index (χ3n) is 7.99. The summed E-state index contributed by atoms with van der Waals surface area (Å²) in [4.78, 5) is 28.7. The van der Waals surface area contributed by atoms with E-state index < -0.39 is 17.4 Å². The van der Waals surface area contributed by atoms with Crippen LogP contribution in [0.2, 0.25) is 5.02 Å². The molecule has 1 amide bonds. The maximum absolute atomic E-state index is 14.0. The van der Waals surface area contributed by atoms with E-state index >= 15 is 0 Å². The summed E-state index contributed by atoms with van der Waals surface area (Å²) in [5, 5.41) is 35.3. The predicted molar refractivity (Wildman–Crippen MR) is 168 cm³/mol. The van der Waals surface area contributed by atoms with Gasteiger partial charge in [-0.05, 0) is 48.4 Å². The largest absolute Gasteiger partial charge is 0.396 e. The minimum absolute atomic E-state index is 0.0123. The summed E-state index contributed by atoms with van der Waals surface area (Å²) < 4.78 is 3.04. The highest BCUT2D eigenvalue weighted by Gasteiger charge is 2.52. The lowest BCUT2D eigenvalue weighted by atomic mass is 9.83. The predicted octanol–water partition coefficient (Wildman–Crippen LogP) is 4.18. The molecule has 1 aliphatic heterocycles. The Morgan fingerprint density at radius 2 is 1.91 bits per heavy atom. The molecule has 3 heterocycles. The van der Waals surface area contributed by atoms with Crippen LogP contribution in [-0.4, -0.2) is 47.5 Å². The van der Waals surface area contributed by atoms with E-state index in [1.54, 1.807) is 59.2 Å². The summed E-state index contributed by atoms with van der Waals surface area (Å²) in [6.07, 6.45) is 8.24. The molecule has 224 valence electrons. The van der Waals surface area contributed by atoms with Crippen molar-refractivity contribution in [2.45, 2.75) is 38.5 Å². The molecule has 0 bridgehead atoms. The third kappa shape index (κ3) is 5.43. The molecule has 0 saturated heterocycles. The SMILES string of the molecule is C[C@H](/C=C/CCn1cc(CCO)nn1)[C@@]1(O)C(=O)N(Cc2cccc(-n3ncc4ccccc4c3=O)c2)c2ccc(Cl)cc21. The number of aryl methyl sites for hydroxylation is 1. The fraction of sp³-hybridized carbons (Fsp3) is 0.242. The molecule has 0 fully saturated rings. The van der Waals surface area contributed by atoms with Crippen LogP contribution in [0.1, 0.15) is 30.2 Å². The Morgan fingerprint density at radius 3 is 2.75 bits per heavy atom. The van der Waals surface area contributed by atoms with E-state index in [1.807, 2.05) is 48.6 Å². The lowest BCUT2D eigenvalue weighted by molar-refractivity contribution is -0.139. The molecule has 0 aliphatic carbocycles. The van der Waals surface area contributed by atoms with Gasteiger partial charge in [0.25, 0.3) is 11.5 Å². The van der Waals surface area contributed by atoms with Crippen molar-refractivity contribution in [1.82, 2.24) is 24.8 Å². The van der Waals surface area contributed by atoms with Crippen molar-refractivity contribution in [3.05, 3.63) is 123 Å². The average Bonchev–Trinajstić information content (AvgIpc) is 3.56. The van der Waals surface area contributed by atoms with Crippen LogP contribution in [0.5, 0.6) is 0 Å². The quantitative estimate of drug-likeness (QED) is 0.227. The van der Waals surface area contributed by atoms with Crippen molar-refractivity contribution in [3.63, 3.8) is 0 Å². The smallest absolute Gasteiger partial charge is 0.279 e. The Morgan fingerprint density at radius 1 is 1.07 bits per heavy atom. The number of carbonyl (C=O) groups excluding carboxylic acids is 1. The molecule has 11 heteroatoms. The van der Waals surface area contributed by atoms with Gasteiger partial charge in [-0.2, -0.15) is 9.78 Å². The molecule has 2 aromatic heterocycles. The average molecular weight is 611 g/mol. The highest BCUT2D eigenvalue weighted by molar-refractivity contribution is 6.31. The number of nitrogens with zero attached hydrogens (tertiary/aromatic N) is 6. The summed E-state index contributed by atoms with van der Waals surface area (Å²) in [6, 6.07) is 19.7. The Bertz CT molecular complexity index is 1940. The second-order valence-corrected chi connectivity index (χ2v) is 11.3. The van der Waals surface area contributed by atoms with Gasteiger partial charge in [-0.3, -0.25) is 14.3 Å². The normalized spacial score (nSPS) is 17.1. The molecule has 0 saturated carbocycles. The van der Waals surface area contributed by atoms with E-state index in [4.69, 9.17) is 16.7 Å². The number of rotatable bonds is 10. The van der Waals surface area contributed by atoms with Gasteiger partial charge < -0.3 is 15.1 Å². The van der Waals surface area contributed by atoms with E-state index in [1.165, 1.54) is 4.68 Å². The molecular weight excluding hydrogens is 580 g/mol. The molecule has 3 aromatic carbocycles. The lowest BCUT2D eigenvalue weighted by Crippen LogP contribution is -2.44. The maximum atomic E-state index is 14.0. The number of hydrogen-bond acceptors (Lipinski definition) is 7. The summed E-state index contributed by atoms with van der Waals surface area (Å²) in [6.45, 7) is 2.55. The maximum Gasteiger partial charge on any atom is 0.279 e. The molecule has 0 unspecified atom stereocenters. The van der Waals surface area contributed by atoms with Crippen molar-refractivity contribution >= 4 is 34.0 Å². The monoisotopic (exact) mass is 610 g/mol. The zero-order valence-electron chi connectivity index (χ0n) is 24.0. The number of allylic oxidation sites excluding steroid dienone is 1. The Hall–Kier alpha value is -4.64. The number of amides is 1. The van der Waals surface area contributed by atoms with Gasteiger partial charge >= 0.3 is 0 Å². The number of hydrogen-bond donors (Lipinski definition) is 2. The van der Waals surface area contributed by atoms with Crippen molar-refractivity contribution in [1.29, 1.82) is 0 Å². The molecule has 0 spiro atoms. The van der Waals surface area contributed by atoms with E-state index in [0.29, 0.717) is 46.7 Å². The molecule has 5 aromatic rings. The van der Waals surface area contributed by atoms with Crippen LogP contribution in [0, 0.1) is 5.92 Å². The van der Waals surface area contributed by atoms with Crippen molar-refractivity contribution in [2.24, 2.45) is 5.92 Å². The number of aliphatic hydroxyl groups is 2. The molecule has 44 heavy (non-hydrogen) atoms. The van der Waals surface area contributed by atoms with Gasteiger partial charge in [0.05, 0.1) is 35.2 Å². The number of fused-ring (bicyclic) bond motifs is 2. The van der Waals surface area contributed by atoms with E-state index in [2.05, 4.69) is 15.4 Å². The van der Waals surface area contributed by atoms with Gasteiger partial charge in [-0.25, -0.2) is 0 Å². The van der Waals surface area contributed by atoms with Crippen molar-refractivity contribution in [2.75, 3.05) is 11.5 Å². The zero-order valence-corrected chi connectivity index (χ0v) is 24.8. The summed E-state index contributed by atoms with van der Waals surface area (Å²) >= 11 is 6.35. The zero-order chi connectivity index (χ0) is 30.8. The molecule has 0 radical (unpaired) electrons. The first kappa shape index (κ1) is 29.4. The van der Waals surface area contributed by atoms with Crippen LogP contribution in [-0.2, 0) is 29.9 Å². The summed E-state index contributed by atoms with van der Waals surface area (Å²) in [5.74, 6) is -1.02. The molecule has 6 rings (SSSR count). The molecular formula is C33H31ClN6O4. The molecule has 2 N–H and O–H groups in total. The fourth-order valence-electron chi connectivity index (χ4n) is 5.64. The standard InChI is InChI=1S/C33H31ClN6O4/c1-22(7-4-5-15-38-21-26(14-16-41)36-37-38)33(44)29-18-25(34)12-13-30(29)39(32(33)43)20-23-8-6-10-27(17-23)40-31(42)28-11-3-2-9-24(28)19-35-40/h2-4,6-13,17-19,21-22,41,44H,5,14-16,20H2,1H3/b7-4+/t22-,33+/m1/s1. The van der Waals surface area contributed by atoms with Crippen LogP contribution in [0.3, 0.4) is 0 Å². The van der Waals surface area contributed by atoms with E-state index in [-0.39, 0.29) is 18.7 Å². The number of anilines is 1. The second-order valence-electron chi connectivity index (χ2n) is 10.9. The first-order valence-electron chi connectivity index (χ1n) is 14.4. The van der Waals surface area contributed by atoms with E-state index in [9.17, 15) is 14.7 Å². The van der Waals surface area contributed by atoms with Gasteiger partial charge in [-0.15, -0.1) is 5.10 Å². The van der Waals surface area contributed by atoms with Crippen LogP contribution < -0.4 is 10.5 Å². The van der Waals surface area contributed by atoms with E-state index in [0.717, 1.165) is 16.6 Å². The number of benzene rings is 3. The van der Waals surface area contributed by atoms with Crippen LogP contribution >= 0.6 is 11.6 Å². The summed E-state index contributed by atoms with van der Waals surface area (Å²) in [7, 11) is 0. The first-order valence-corrected chi connectivity index (χ1v) is 14.7. The summed E-state index contributed by atoms with van der Waals surface area (Å²) in [5.41, 5.74) is 1.01. The van der Waals surface area contributed by atoms with Gasteiger partial charge in [0.15, 0.2) is 5.60 Å². The topological polar surface area (TPSA) is 126 Å². The number of carbonyl (C=O) groups is 1. The number of halogens is 1. The van der Waals surface area contributed by atoms with Gasteiger partial charge in [0.2, 0.25) is 0 Å². The van der Waals surface area contributed by atoms with Gasteiger partial charge in [0.1, 0.15) is 0 Å². The van der Waals surface area contributed by atoms with Crippen molar-refractivity contribution < 1.29 is 15.0 Å². The van der Waals surface area contributed by atoms with Crippen molar-refractivity contribution in [3.8, 4) is 5.69 Å². The van der Waals surface area contributed by atoms with Crippen LogP contribution in [0.4, 0.5) is 5.69 Å². The molecule has 10 nitrogen and oxygen atoms in total. The highest BCUT2D eigenvalue weighted by atomic mass is 35.5. The Labute approximate surface area is 258 Å². The first-order chi connectivity index (χ1) is 21.3. The molecule has 2 atom stereocenters. The number of aliphatic hydroxyl groups excluding tert-OH is 1. The molecule has 1 aliphatic rings. The Kier molecular flexibility index (Phi) is 8.13. The minimum Gasteiger partial charge on any atom is -0.396 e. The van der Waals surface area contributed by atoms with Gasteiger partial charge in [-0.1, -0.05) is 66.2 Å². The minimum atomic E-state index is -1.83. The van der Waals surface area contributed by atoms with Crippen LogP contribution in [0.15, 0.2) is 96.1 Å². The second kappa shape index (κ2) is 12.2. The Balaban J connectivity index is 1.24.